The maximum Gasteiger partial charge on any atom is 0.348 e. The van der Waals surface area contributed by atoms with Gasteiger partial charge in [-0.2, -0.15) is 0 Å². The summed E-state index contributed by atoms with van der Waals surface area (Å²) in [6.07, 6.45) is -0.106. The smallest absolute Gasteiger partial charge is 0.348 e. The van der Waals surface area contributed by atoms with E-state index in [1.54, 1.807) is 25.2 Å². The van der Waals surface area contributed by atoms with E-state index in [4.69, 9.17) is 9.84 Å². The lowest BCUT2D eigenvalue weighted by Gasteiger charge is -2.06. The molecule has 0 unspecified atom stereocenters. The van der Waals surface area contributed by atoms with E-state index in [2.05, 4.69) is 5.10 Å². The molecule has 0 bridgehead atoms. The van der Waals surface area contributed by atoms with Gasteiger partial charge in [-0.15, -0.1) is 5.10 Å². The monoisotopic (exact) mass is 291 g/mol. The van der Waals surface area contributed by atoms with Gasteiger partial charge in [0.05, 0.1) is 18.2 Å². The quantitative estimate of drug-likeness (QED) is 0.892. The predicted molar refractivity (Wildman–Crippen MR) is 75.7 cm³/mol. The highest BCUT2D eigenvalue weighted by molar-refractivity contribution is 5.89. The van der Waals surface area contributed by atoms with Crippen molar-refractivity contribution in [3.05, 3.63) is 45.9 Å². The molecule has 0 atom stereocenters. The molecule has 0 saturated heterocycles. The summed E-state index contributed by atoms with van der Waals surface area (Å²) >= 11 is 0. The number of carbonyl (C=O) groups is 1. The van der Waals surface area contributed by atoms with E-state index in [1.165, 1.54) is 15.3 Å². The minimum absolute atomic E-state index is 0.0800. The molecule has 0 aliphatic heterocycles. The highest BCUT2D eigenvalue weighted by Crippen LogP contribution is 2.11. The van der Waals surface area contributed by atoms with Crippen LogP contribution in [0.5, 0.6) is 6.01 Å². The van der Waals surface area contributed by atoms with Crippen molar-refractivity contribution in [1.29, 1.82) is 0 Å². The molecule has 2 aromatic rings. The summed E-state index contributed by atoms with van der Waals surface area (Å²) in [5.41, 5.74) is 0.313. The third-order valence-corrected chi connectivity index (χ3v) is 2.91. The molecule has 1 heterocycles. The molecule has 7 heteroatoms. The van der Waals surface area contributed by atoms with Gasteiger partial charge in [0.2, 0.25) is 0 Å². The van der Waals surface area contributed by atoms with Gasteiger partial charge in [-0.25, -0.2) is 18.8 Å². The van der Waals surface area contributed by atoms with Crippen LogP contribution in [0.4, 0.5) is 0 Å². The zero-order valence-corrected chi connectivity index (χ0v) is 12.1. The van der Waals surface area contributed by atoms with Gasteiger partial charge in [0.1, 0.15) is 0 Å². The number of carboxylic acid groups (broad SMARTS) is 1. The van der Waals surface area contributed by atoms with Crippen LogP contribution in [0.3, 0.4) is 0 Å². The number of carboxylic acids is 1. The Hall–Kier alpha value is -2.57. The van der Waals surface area contributed by atoms with E-state index in [-0.39, 0.29) is 29.9 Å². The molecule has 0 radical (unpaired) electrons. The molecule has 112 valence electrons. The van der Waals surface area contributed by atoms with E-state index >= 15 is 0 Å². The van der Waals surface area contributed by atoms with Gasteiger partial charge in [0, 0.05) is 7.05 Å². The summed E-state index contributed by atoms with van der Waals surface area (Å²) in [4.78, 5) is 23.3. The Kier molecular flexibility index (Phi) is 4.11. The number of ether oxygens (including phenoxy) is 1. The Morgan fingerprint density at radius 2 is 2.05 bits per heavy atom. The average molecular weight is 291 g/mol. The standard InChI is InChI=1S/C14H17N3O4/c1-9(2)21-13-15-17(14(20)16(13)3)8-10-6-4-5-7-11(10)12(18)19/h4-7,9H,8H2,1-3H3,(H,18,19). The van der Waals surface area contributed by atoms with Gasteiger partial charge < -0.3 is 9.84 Å². The van der Waals surface area contributed by atoms with Gasteiger partial charge in [0.15, 0.2) is 0 Å². The van der Waals surface area contributed by atoms with Crippen molar-refractivity contribution >= 4 is 5.97 Å². The molecule has 0 spiro atoms. The topological polar surface area (TPSA) is 86.4 Å². The Balaban J connectivity index is 2.37. The van der Waals surface area contributed by atoms with Crippen molar-refractivity contribution in [2.24, 2.45) is 7.05 Å². The highest BCUT2D eigenvalue weighted by Gasteiger charge is 2.15. The van der Waals surface area contributed by atoms with E-state index in [0.717, 1.165) is 0 Å². The first-order valence-corrected chi connectivity index (χ1v) is 6.52. The maximum atomic E-state index is 12.1. The molecule has 0 fully saturated rings. The Labute approximate surface area is 121 Å². The second-order valence-corrected chi connectivity index (χ2v) is 4.91. The predicted octanol–water partition coefficient (Wildman–Crippen LogP) is 1.12. The SMILES string of the molecule is CC(C)Oc1nn(Cc2ccccc2C(=O)O)c(=O)n1C. The minimum Gasteiger partial charge on any atom is -0.478 e. The Morgan fingerprint density at radius 3 is 2.67 bits per heavy atom. The van der Waals surface area contributed by atoms with Crippen LogP contribution in [-0.2, 0) is 13.6 Å². The van der Waals surface area contributed by atoms with Crippen LogP contribution in [0.2, 0.25) is 0 Å². The number of aromatic nitrogens is 3. The lowest BCUT2D eigenvalue weighted by molar-refractivity contribution is 0.0695. The van der Waals surface area contributed by atoms with Gasteiger partial charge in [-0.05, 0) is 25.5 Å². The van der Waals surface area contributed by atoms with E-state index in [0.29, 0.717) is 5.56 Å². The number of aromatic carboxylic acids is 1. The lowest BCUT2D eigenvalue weighted by atomic mass is 10.1. The molecule has 21 heavy (non-hydrogen) atoms. The number of hydrogen-bond acceptors (Lipinski definition) is 4. The second-order valence-electron chi connectivity index (χ2n) is 4.91. The largest absolute Gasteiger partial charge is 0.478 e. The van der Waals surface area contributed by atoms with Crippen LogP contribution in [0.15, 0.2) is 29.1 Å². The van der Waals surface area contributed by atoms with Crippen LogP contribution in [0, 0.1) is 0 Å². The van der Waals surface area contributed by atoms with E-state index in [9.17, 15) is 9.59 Å². The molecule has 0 amide bonds. The molecule has 1 aromatic carbocycles. The summed E-state index contributed by atoms with van der Waals surface area (Å²) in [5, 5.41) is 13.3. The summed E-state index contributed by atoms with van der Waals surface area (Å²) in [6.45, 7) is 3.75. The third-order valence-electron chi connectivity index (χ3n) is 2.91. The van der Waals surface area contributed by atoms with Crippen molar-refractivity contribution in [3.8, 4) is 6.01 Å². The molecule has 1 N–H and O–H groups in total. The molecule has 2 rings (SSSR count). The minimum atomic E-state index is -1.03. The fourth-order valence-electron chi connectivity index (χ4n) is 1.91. The highest BCUT2D eigenvalue weighted by atomic mass is 16.5. The van der Waals surface area contributed by atoms with Crippen LogP contribution in [-0.4, -0.2) is 31.5 Å². The zero-order chi connectivity index (χ0) is 15.6. The van der Waals surface area contributed by atoms with Gasteiger partial charge in [-0.1, -0.05) is 18.2 Å². The van der Waals surface area contributed by atoms with E-state index < -0.39 is 5.97 Å². The average Bonchev–Trinajstić information content (AvgIpc) is 2.67. The van der Waals surface area contributed by atoms with Crippen LogP contribution in [0.1, 0.15) is 29.8 Å². The third kappa shape index (κ3) is 3.13. The molecule has 0 saturated carbocycles. The molecule has 7 nitrogen and oxygen atoms in total. The first kappa shape index (κ1) is 14.8. The number of rotatable bonds is 5. The fourth-order valence-corrected chi connectivity index (χ4v) is 1.91. The van der Waals surface area contributed by atoms with Crippen LogP contribution < -0.4 is 10.4 Å². The second kappa shape index (κ2) is 5.82. The first-order chi connectivity index (χ1) is 9.90. The molecule has 0 aliphatic carbocycles. The first-order valence-electron chi connectivity index (χ1n) is 6.52. The van der Waals surface area contributed by atoms with Crippen LogP contribution in [0.25, 0.3) is 0 Å². The summed E-state index contributed by atoms with van der Waals surface area (Å²) < 4.78 is 7.93. The van der Waals surface area contributed by atoms with Gasteiger partial charge >= 0.3 is 17.7 Å². The Bertz CT molecular complexity index is 715. The summed E-state index contributed by atoms with van der Waals surface area (Å²) in [5.74, 6) is -1.03. The number of benzene rings is 1. The van der Waals surface area contributed by atoms with Crippen molar-refractivity contribution < 1.29 is 14.6 Å². The normalized spacial score (nSPS) is 10.9. The van der Waals surface area contributed by atoms with Crippen molar-refractivity contribution in [1.82, 2.24) is 14.3 Å². The summed E-state index contributed by atoms with van der Waals surface area (Å²) in [6, 6.07) is 6.73. The maximum absolute atomic E-state index is 12.1. The number of nitrogens with zero attached hydrogens (tertiary/aromatic N) is 3. The van der Waals surface area contributed by atoms with Crippen molar-refractivity contribution in [2.45, 2.75) is 26.5 Å². The van der Waals surface area contributed by atoms with Crippen LogP contribution >= 0.6 is 0 Å². The van der Waals surface area contributed by atoms with Gasteiger partial charge in [-0.3, -0.25) is 0 Å². The zero-order valence-electron chi connectivity index (χ0n) is 12.1. The molecule has 1 aromatic heterocycles. The summed E-state index contributed by atoms with van der Waals surface area (Å²) in [7, 11) is 1.56. The van der Waals surface area contributed by atoms with Gasteiger partial charge in [0.25, 0.3) is 0 Å². The fraction of sp³-hybridized carbons (Fsp3) is 0.357. The Morgan fingerprint density at radius 1 is 1.38 bits per heavy atom. The van der Waals surface area contributed by atoms with Crippen molar-refractivity contribution in [2.75, 3.05) is 0 Å². The molecular formula is C14H17N3O4. The van der Waals surface area contributed by atoms with E-state index in [1.807, 2.05) is 13.8 Å². The molecular weight excluding hydrogens is 274 g/mol. The molecule has 0 aliphatic rings. The van der Waals surface area contributed by atoms with Crippen molar-refractivity contribution in [3.63, 3.8) is 0 Å². The number of hydrogen-bond donors (Lipinski definition) is 1. The lowest BCUT2D eigenvalue weighted by Crippen LogP contribution is -2.24.